The standard InChI is InChI=1S/C10H7N5O2/c1-7-2-3-9(15(16)17)4-10(7)14-13-8(5-11)6-12/h2-4,14H,1H3. The second-order valence-corrected chi connectivity index (χ2v) is 3.05. The smallest absolute Gasteiger partial charge is 0.271 e. The minimum atomic E-state index is -0.538. The van der Waals surface area contributed by atoms with Crippen molar-refractivity contribution in [1.82, 2.24) is 0 Å². The van der Waals surface area contributed by atoms with Gasteiger partial charge >= 0.3 is 0 Å². The van der Waals surface area contributed by atoms with Crippen LogP contribution in [-0.2, 0) is 0 Å². The van der Waals surface area contributed by atoms with Gasteiger partial charge in [0.25, 0.3) is 5.69 Å². The molecule has 0 saturated heterocycles. The fourth-order valence-corrected chi connectivity index (χ4v) is 1.04. The zero-order chi connectivity index (χ0) is 12.8. The Labute approximate surface area is 96.7 Å². The van der Waals surface area contributed by atoms with E-state index in [1.54, 1.807) is 25.1 Å². The van der Waals surface area contributed by atoms with Crippen molar-refractivity contribution in [2.75, 3.05) is 5.43 Å². The van der Waals surface area contributed by atoms with Crippen LogP contribution in [0.2, 0.25) is 0 Å². The van der Waals surface area contributed by atoms with E-state index in [1.807, 2.05) is 0 Å². The number of hydrazone groups is 1. The molecule has 0 aliphatic carbocycles. The fraction of sp³-hybridized carbons (Fsp3) is 0.100. The topological polar surface area (TPSA) is 115 Å². The van der Waals surface area contributed by atoms with Crippen LogP contribution < -0.4 is 5.43 Å². The highest BCUT2D eigenvalue weighted by atomic mass is 16.6. The molecule has 1 N–H and O–H groups in total. The first-order valence-corrected chi connectivity index (χ1v) is 4.47. The molecule has 1 rings (SSSR count). The molecule has 84 valence electrons. The molecule has 0 spiro atoms. The molecule has 7 nitrogen and oxygen atoms in total. The second-order valence-electron chi connectivity index (χ2n) is 3.05. The van der Waals surface area contributed by atoms with Gasteiger partial charge in [0.2, 0.25) is 5.71 Å². The van der Waals surface area contributed by atoms with Crippen LogP contribution in [0.1, 0.15) is 5.56 Å². The van der Waals surface area contributed by atoms with Crippen LogP contribution in [0.3, 0.4) is 0 Å². The maximum absolute atomic E-state index is 10.6. The lowest BCUT2D eigenvalue weighted by atomic mass is 10.2. The van der Waals surface area contributed by atoms with Gasteiger partial charge in [-0.1, -0.05) is 6.07 Å². The maximum atomic E-state index is 10.6. The van der Waals surface area contributed by atoms with Gasteiger partial charge in [-0.15, -0.1) is 0 Å². The Morgan fingerprint density at radius 3 is 2.65 bits per heavy atom. The summed E-state index contributed by atoms with van der Waals surface area (Å²) < 4.78 is 0. The van der Waals surface area contributed by atoms with Gasteiger partial charge in [0.05, 0.1) is 10.6 Å². The number of benzene rings is 1. The zero-order valence-corrected chi connectivity index (χ0v) is 8.84. The van der Waals surface area contributed by atoms with Gasteiger partial charge in [0.1, 0.15) is 12.1 Å². The molecule has 0 radical (unpaired) electrons. The molecule has 0 aliphatic rings. The van der Waals surface area contributed by atoms with Gasteiger partial charge in [-0.2, -0.15) is 15.6 Å². The monoisotopic (exact) mass is 229 g/mol. The molecule has 1 aromatic carbocycles. The van der Waals surface area contributed by atoms with Crippen molar-refractivity contribution >= 4 is 17.1 Å². The minimum Gasteiger partial charge on any atom is -0.276 e. The number of nitriles is 2. The fourth-order valence-electron chi connectivity index (χ4n) is 1.04. The number of rotatable bonds is 3. The van der Waals surface area contributed by atoms with Crippen LogP contribution in [0.15, 0.2) is 23.3 Å². The average molecular weight is 229 g/mol. The molecule has 0 amide bonds. The number of non-ortho nitro benzene ring substituents is 1. The number of nitro benzene ring substituents is 1. The molecule has 0 aromatic heterocycles. The van der Waals surface area contributed by atoms with Crippen LogP contribution in [-0.4, -0.2) is 10.6 Å². The van der Waals surface area contributed by atoms with Crippen molar-refractivity contribution in [1.29, 1.82) is 10.5 Å². The van der Waals surface area contributed by atoms with Crippen molar-refractivity contribution in [3.8, 4) is 12.1 Å². The predicted octanol–water partition coefficient (Wildman–Crippen LogP) is 1.72. The van der Waals surface area contributed by atoms with Crippen molar-refractivity contribution in [2.24, 2.45) is 5.10 Å². The summed E-state index contributed by atoms with van der Waals surface area (Å²) >= 11 is 0. The Morgan fingerprint density at radius 2 is 2.12 bits per heavy atom. The third-order valence-corrected chi connectivity index (χ3v) is 1.93. The molecule has 0 heterocycles. The normalized spacial score (nSPS) is 8.65. The first-order valence-electron chi connectivity index (χ1n) is 4.47. The van der Waals surface area contributed by atoms with Gasteiger partial charge in [-0.05, 0) is 12.5 Å². The van der Waals surface area contributed by atoms with Crippen LogP contribution in [0.5, 0.6) is 0 Å². The number of nitrogens with zero attached hydrogens (tertiary/aromatic N) is 4. The summed E-state index contributed by atoms with van der Waals surface area (Å²) in [4.78, 5) is 10.0. The third kappa shape index (κ3) is 3.01. The molecule has 7 heteroatoms. The first kappa shape index (κ1) is 12.1. The molecule has 0 aliphatic heterocycles. The van der Waals surface area contributed by atoms with E-state index in [-0.39, 0.29) is 11.4 Å². The van der Waals surface area contributed by atoms with E-state index in [9.17, 15) is 10.1 Å². The highest BCUT2D eigenvalue weighted by molar-refractivity contribution is 6.10. The summed E-state index contributed by atoms with van der Waals surface area (Å²) in [6, 6.07) is 7.34. The summed E-state index contributed by atoms with van der Waals surface area (Å²) in [5.74, 6) is 0. The molecule has 1 aromatic rings. The van der Waals surface area contributed by atoms with Gasteiger partial charge in [-0.3, -0.25) is 15.5 Å². The van der Waals surface area contributed by atoms with E-state index < -0.39 is 4.92 Å². The van der Waals surface area contributed by atoms with E-state index in [0.717, 1.165) is 5.56 Å². The summed E-state index contributed by atoms with van der Waals surface area (Å²) in [5.41, 5.74) is 3.10. The highest BCUT2D eigenvalue weighted by Crippen LogP contribution is 2.21. The molecular weight excluding hydrogens is 222 g/mol. The summed E-state index contributed by atoms with van der Waals surface area (Å²) in [6.07, 6.45) is 0. The quantitative estimate of drug-likeness (QED) is 0.481. The number of hydrogen-bond donors (Lipinski definition) is 1. The number of aryl methyl sites for hydroxylation is 1. The number of hydrogen-bond acceptors (Lipinski definition) is 6. The maximum Gasteiger partial charge on any atom is 0.271 e. The largest absolute Gasteiger partial charge is 0.276 e. The van der Waals surface area contributed by atoms with E-state index in [1.165, 1.54) is 12.1 Å². The molecule has 0 fully saturated rings. The summed E-state index contributed by atoms with van der Waals surface area (Å²) in [7, 11) is 0. The Balaban J connectivity index is 3.04. The van der Waals surface area contributed by atoms with Crippen molar-refractivity contribution < 1.29 is 4.92 Å². The molecule has 0 bridgehead atoms. The second kappa shape index (κ2) is 5.24. The van der Waals surface area contributed by atoms with Gasteiger partial charge in [0.15, 0.2) is 0 Å². The van der Waals surface area contributed by atoms with Crippen molar-refractivity contribution in [3.63, 3.8) is 0 Å². The van der Waals surface area contributed by atoms with E-state index >= 15 is 0 Å². The van der Waals surface area contributed by atoms with E-state index in [0.29, 0.717) is 5.69 Å². The Hall–Kier alpha value is -2.93. The summed E-state index contributed by atoms with van der Waals surface area (Å²) in [5, 5.41) is 31.0. The Morgan fingerprint density at radius 1 is 1.47 bits per heavy atom. The van der Waals surface area contributed by atoms with Gasteiger partial charge in [-0.25, -0.2) is 0 Å². The number of nitrogens with one attached hydrogen (secondary N) is 1. The lowest BCUT2D eigenvalue weighted by molar-refractivity contribution is -0.384. The van der Waals surface area contributed by atoms with Crippen LogP contribution >= 0.6 is 0 Å². The third-order valence-electron chi connectivity index (χ3n) is 1.93. The van der Waals surface area contributed by atoms with Crippen molar-refractivity contribution in [2.45, 2.75) is 6.92 Å². The summed E-state index contributed by atoms with van der Waals surface area (Å²) in [6.45, 7) is 1.72. The molecule has 0 saturated carbocycles. The van der Waals surface area contributed by atoms with Gasteiger partial charge < -0.3 is 0 Å². The minimum absolute atomic E-state index is 0.0937. The van der Waals surface area contributed by atoms with E-state index in [2.05, 4.69) is 10.5 Å². The Kier molecular flexibility index (Phi) is 3.74. The molecule has 0 unspecified atom stereocenters. The van der Waals surface area contributed by atoms with Crippen LogP contribution in [0.4, 0.5) is 11.4 Å². The lowest BCUT2D eigenvalue weighted by Crippen LogP contribution is -1.99. The highest BCUT2D eigenvalue weighted by Gasteiger charge is 2.08. The van der Waals surface area contributed by atoms with Crippen molar-refractivity contribution in [3.05, 3.63) is 33.9 Å². The van der Waals surface area contributed by atoms with E-state index in [4.69, 9.17) is 10.5 Å². The zero-order valence-electron chi connectivity index (χ0n) is 8.84. The SMILES string of the molecule is Cc1ccc([N+](=O)[O-])cc1NN=C(C#N)C#N. The van der Waals surface area contributed by atoms with Crippen LogP contribution in [0.25, 0.3) is 0 Å². The number of nitro groups is 1. The van der Waals surface area contributed by atoms with Gasteiger partial charge in [0, 0.05) is 12.1 Å². The first-order chi connectivity index (χ1) is 8.08. The Bertz CT molecular complexity index is 549. The number of anilines is 1. The average Bonchev–Trinajstić information content (AvgIpc) is 2.32. The predicted molar refractivity (Wildman–Crippen MR) is 60.1 cm³/mol. The van der Waals surface area contributed by atoms with Crippen LogP contribution in [0, 0.1) is 39.7 Å². The molecule has 17 heavy (non-hydrogen) atoms. The lowest BCUT2D eigenvalue weighted by Gasteiger charge is -2.03. The molecule has 0 atom stereocenters. The molecular formula is C10H7N5O2.